The smallest absolute Gasteiger partial charge is 0.322 e. The van der Waals surface area contributed by atoms with Gasteiger partial charge in [-0.15, -0.1) is 0 Å². The lowest BCUT2D eigenvalue weighted by Gasteiger charge is -2.08. The summed E-state index contributed by atoms with van der Waals surface area (Å²) >= 11 is 0. The Morgan fingerprint density at radius 1 is 1.23 bits per heavy atom. The van der Waals surface area contributed by atoms with Crippen molar-refractivity contribution in [1.82, 2.24) is 19.6 Å². The van der Waals surface area contributed by atoms with Crippen LogP contribution >= 0.6 is 0 Å². The highest BCUT2D eigenvalue weighted by molar-refractivity contribution is 5.90. The summed E-state index contributed by atoms with van der Waals surface area (Å²) in [4.78, 5) is 12.0. The number of aryl methyl sites for hydroxylation is 1. The molecule has 2 heterocycles. The van der Waals surface area contributed by atoms with Crippen LogP contribution in [0.25, 0.3) is 0 Å². The van der Waals surface area contributed by atoms with E-state index >= 15 is 0 Å². The zero-order valence-corrected chi connectivity index (χ0v) is 13.9. The average Bonchev–Trinajstić information content (AvgIpc) is 3.16. The zero-order chi connectivity index (χ0) is 18.7. The molecule has 0 atom stereocenters. The number of benzene rings is 1. The lowest BCUT2D eigenvalue weighted by atomic mass is 10.1. The minimum absolute atomic E-state index is 0.0671. The number of carbonyl (C=O) groups is 1. The highest BCUT2D eigenvalue weighted by Gasteiger charge is 2.30. The fourth-order valence-electron chi connectivity index (χ4n) is 2.45. The van der Waals surface area contributed by atoms with Crippen molar-refractivity contribution in [3.8, 4) is 0 Å². The van der Waals surface area contributed by atoms with Gasteiger partial charge in [-0.2, -0.15) is 23.4 Å². The molecule has 3 aromatic rings. The lowest BCUT2D eigenvalue weighted by molar-refractivity contribution is -0.137. The first kappa shape index (κ1) is 17.7. The summed E-state index contributed by atoms with van der Waals surface area (Å²) in [6.07, 6.45) is 0.231. The largest absolute Gasteiger partial charge is 0.416 e. The fraction of sp³-hybridized carbons (Fsp3) is 0.235. The first-order valence-corrected chi connectivity index (χ1v) is 7.78. The van der Waals surface area contributed by atoms with Crippen LogP contribution in [-0.4, -0.2) is 25.5 Å². The van der Waals surface area contributed by atoms with Crippen molar-refractivity contribution in [2.75, 3.05) is 5.32 Å². The number of hydrogen-bond acceptors (Lipinski definition) is 3. The molecule has 1 N–H and O–H groups in total. The van der Waals surface area contributed by atoms with Gasteiger partial charge in [0.1, 0.15) is 6.54 Å². The van der Waals surface area contributed by atoms with E-state index in [1.165, 1.54) is 16.9 Å². The van der Waals surface area contributed by atoms with Gasteiger partial charge in [-0.3, -0.25) is 14.2 Å². The van der Waals surface area contributed by atoms with Gasteiger partial charge in [0.15, 0.2) is 0 Å². The second kappa shape index (κ2) is 7.03. The topological polar surface area (TPSA) is 64.7 Å². The summed E-state index contributed by atoms with van der Waals surface area (Å²) in [6.45, 7) is 2.07. The molecule has 26 heavy (non-hydrogen) atoms. The number of aromatic nitrogens is 4. The summed E-state index contributed by atoms with van der Waals surface area (Å²) in [5, 5.41) is 10.8. The molecule has 0 spiro atoms. The van der Waals surface area contributed by atoms with Crippen molar-refractivity contribution < 1.29 is 18.0 Å². The van der Waals surface area contributed by atoms with E-state index in [0.29, 0.717) is 11.3 Å². The molecule has 1 amide bonds. The van der Waals surface area contributed by atoms with E-state index in [2.05, 4.69) is 15.5 Å². The Morgan fingerprint density at radius 3 is 2.73 bits per heavy atom. The van der Waals surface area contributed by atoms with Crippen molar-refractivity contribution >= 4 is 11.6 Å². The molecule has 0 aliphatic heterocycles. The van der Waals surface area contributed by atoms with Crippen LogP contribution < -0.4 is 5.32 Å². The molecule has 2 aromatic heterocycles. The normalized spacial score (nSPS) is 11.5. The zero-order valence-electron chi connectivity index (χ0n) is 13.9. The number of hydrogen-bond donors (Lipinski definition) is 1. The third kappa shape index (κ3) is 4.29. The summed E-state index contributed by atoms with van der Waals surface area (Å²) in [5.74, 6) is -0.268. The number of amides is 1. The first-order chi connectivity index (χ1) is 12.3. The monoisotopic (exact) mass is 363 g/mol. The van der Waals surface area contributed by atoms with Gasteiger partial charge >= 0.3 is 6.18 Å². The number of nitrogens with zero attached hydrogens (tertiary/aromatic N) is 4. The van der Waals surface area contributed by atoms with Gasteiger partial charge in [0.05, 0.1) is 24.0 Å². The van der Waals surface area contributed by atoms with Crippen LogP contribution in [0.3, 0.4) is 0 Å². The molecular weight excluding hydrogens is 347 g/mol. The van der Waals surface area contributed by atoms with Crippen LogP contribution in [0.2, 0.25) is 0 Å². The van der Waals surface area contributed by atoms with Crippen LogP contribution in [0.4, 0.5) is 18.9 Å². The van der Waals surface area contributed by atoms with Crippen molar-refractivity contribution in [3.63, 3.8) is 0 Å². The molecule has 0 bridgehead atoms. The highest BCUT2D eigenvalue weighted by atomic mass is 19.4. The minimum Gasteiger partial charge on any atom is -0.322 e. The molecule has 0 fully saturated rings. The summed E-state index contributed by atoms with van der Waals surface area (Å²) in [5.41, 5.74) is 1.09. The van der Waals surface area contributed by atoms with E-state index in [1.807, 2.05) is 6.92 Å². The summed E-state index contributed by atoms with van der Waals surface area (Å²) in [7, 11) is 0. The molecule has 0 radical (unpaired) electrons. The fourth-order valence-corrected chi connectivity index (χ4v) is 2.45. The molecule has 136 valence electrons. The van der Waals surface area contributed by atoms with E-state index in [0.717, 1.165) is 17.8 Å². The van der Waals surface area contributed by atoms with Gasteiger partial charge in [0, 0.05) is 18.1 Å². The van der Waals surface area contributed by atoms with Crippen LogP contribution in [0.1, 0.15) is 16.8 Å². The Hall–Kier alpha value is -3.10. The molecule has 0 saturated heterocycles. The third-order valence-electron chi connectivity index (χ3n) is 3.74. The first-order valence-electron chi connectivity index (χ1n) is 7.78. The van der Waals surface area contributed by atoms with E-state index < -0.39 is 11.7 Å². The molecule has 6 nitrogen and oxygen atoms in total. The molecule has 9 heteroatoms. The second-order valence-corrected chi connectivity index (χ2v) is 5.80. The predicted molar refractivity (Wildman–Crippen MR) is 88.4 cm³/mol. The van der Waals surface area contributed by atoms with Gasteiger partial charge < -0.3 is 5.32 Å². The van der Waals surface area contributed by atoms with Crippen LogP contribution in [-0.2, 0) is 24.1 Å². The Kier molecular flexibility index (Phi) is 4.79. The van der Waals surface area contributed by atoms with Crippen molar-refractivity contribution in [1.29, 1.82) is 0 Å². The standard InChI is InChI=1S/C17H16F3N5O/c1-12-5-6-21-25(12)11-16(26)23-15-8-22-24(10-15)9-13-3-2-4-14(7-13)17(18,19)20/h2-8,10H,9,11H2,1H3,(H,23,26). The minimum atomic E-state index is -4.39. The quantitative estimate of drug-likeness (QED) is 0.758. The van der Waals surface area contributed by atoms with E-state index in [4.69, 9.17) is 0 Å². The molecule has 3 rings (SSSR count). The third-order valence-corrected chi connectivity index (χ3v) is 3.74. The van der Waals surface area contributed by atoms with Crippen molar-refractivity contribution in [2.24, 2.45) is 0 Å². The van der Waals surface area contributed by atoms with E-state index in [-0.39, 0.29) is 19.0 Å². The van der Waals surface area contributed by atoms with E-state index in [9.17, 15) is 18.0 Å². The lowest BCUT2D eigenvalue weighted by Crippen LogP contribution is -2.19. The maximum absolute atomic E-state index is 12.8. The number of rotatable bonds is 5. The molecule has 0 unspecified atom stereocenters. The number of carbonyl (C=O) groups excluding carboxylic acids is 1. The Morgan fingerprint density at radius 2 is 2.04 bits per heavy atom. The number of anilines is 1. The Balaban J connectivity index is 1.63. The van der Waals surface area contributed by atoms with Gasteiger partial charge in [-0.25, -0.2) is 0 Å². The van der Waals surface area contributed by atoms with Gasteiger partial charge in [0.25, 0.3) is 0 Å². The average molecular weight is 363 g/mol. The number of alkyl halides is 3. The number of nitrogens with one attached hydrogen (secondary N) is 1. The predicted octanol–water partition coefficient (Wildman–Crippen LogP) is 3.09. The SMILES string of the molecule is Cc1ccnn1CC(=O)Nc1cnn(Cc2cccc(C(F)(F)F)c2)c1. The summed E-state index contributed by atoms with van der Waals surface area (Å²) < 4.78 is 41.3. The number of halogens is 3. The van der Waals surface area contributed by atoms with E-state index in [1.54, 1.807) is 29.2 Å². The Labute approximate surface area is 147 Å². The van der Waals surface area contributed by atoms with Crippen molar-refractivity contribution in [2.45, 2.75) is 26.2 Å². The van der Waals surface area contributed by atoms with Crippen molar-refractivity contribution in [3.05, 3.63) is 65.7 Å². The van der Waals surface area contributed by atoms with Crippen LogP contribution in [0.15, 0.2) is 48.9 Å². The Bertz CT molecular complexity index is 913. The molecule has 0 saturated carbocycles. The molecule has 1 aromatic carbocycles. The second-order valence-electron chi connectivity index (χ2n) is 5.80. The van der Waals surface area contributed by atoms with Crippen LogP contribution in [0, 0.1) is 6.92 Å². The van der Waals surface area contributed by atoms with Crippen LogP contribution in [0.5, 0.6) is 0 Å². The maximum atomic E-state index is 12.8. The van der Waals surface area contributed by atoms with Gasteiger partial charge in [-0.1, -0.05) is 12.1 Å². The van der Waals surface area contributed by atoms with Gasteiger partial charge in [-0.05, 0) is 30.7 Å². The molecule has 0 aliphatic rings. The highest BCUT2D eigenvalue weighted by Crippen LogP contribution is 2.29. The maximum Gasteiger partial charge on any atom is 0.416 e. The van der Waals surface area contributed by atoms with Gasteiger partial charge in [0.2, 0.25) is 5.91 Å². The summed E-state index contributed by atoms with van der Waals surface area (Å²) in [6, 6.07) is 6.85. The molecule has 0 aliphatic carbocycles. The molecular formula is C17H16F3N5O.